The molecule has 0 amide bonds. The largest absolute Gasteiger partial charge is 0.466 e. The van der Waals surface area contributed by atoms with Crippen molar-refractivity contribution in [3.63, 3.8) is 0 Å². The summed E-state index contributed by atoms with van der Waals surface area (Å²) in [4.78, 5) is 22.4. The van der Waals surface area contributed by atoms with Crippen LogP contribution >= 0.6 is 22.6 Å². The minimum atomic E-state index is -0.558. The van der Waals surface area contributed by atoms with Gasteiger partial charge in [-0.3, -0.25) is 0 Å². The first-order valence-corrected chi connectivity index (χ1v) is 5.13. The van der Waals surface area contributed by atoms with Crippen LogP contribution in [0.2, 0.25) is 0 Å². The third-order valence-corrected chi connectivity index (χ3v) is 2.08. The highest BCUT2D eigenvalue weighted by molar-refractivity contribution is 14.1. The molecule has 0 bridgehead atoms. The van der Waals surface area contributed by atoms with Crippen molar-refractivity contribution in [2.45, 2.75) is 13.8 Å². The van der Waals surface area contributed by atoms with Gasteiger partial charge in [0.25, 0.3) is 0 Å². The molecule has 0 atom stereocenters. The van der Waals surface area contributed by atoms with Gasteiger partial charge < -0.3 is 9.47 Å². The molecule has 4 nitrogen and oxygen atoms in total. The maximum atomic E-state index is 11.3. The third-order valence-electron chi connectivity index (χ3n) is 1.70. The van der Waals surface area contributed by atoms with Crippen LogP contribution in [0.3, 0.4) is 0 Å². The molecule has 5 heteroatoms. The molecule has 15 heavy (non-hydrogen) atoms. The highest BCUT2D eigenvalue weighted by Crippen LogP contribution is 2.06. The van der Waals surface area contributed by atoms with E-state index in [0.717, 1.165) is 0 Å². The normalized spacial score (nSPS) is 10.7. The minimum Gasteiger partial charge on any atom is -0.466 e. The van der Waals surface area contributed by atoms with Crippen LogP contribution in [0.4, 0.5) is 0 Å². The van der Waals surface area contributed by atoms with Crippen LogP contribution in [0.1, 0.15) is 13.8 Å². The van der Waals surface area contributed by atoms with Gasteiger partial charge in [0, 0.05) is 33.7 Å². The van der Waals surface area contributed by atoms with Crippen molar-refractivity contribution in [2.75, 3.05) is 13.7 Å². The second kappa shape index (κ2) is 7.29. The molecule has 0 unspecified atom stereocenters. The van der Waals surface area contributed by atoms with Gasteiger partial charge in [-0.2, -0.15) is 0 Å². The van der Waals surface area contributed by atoms with E-state index < -0.39 is 11.9 Å². The summed E-state index contributed by atoms with van der Waals surface area (Å²) >= 11 is 1.84. The molecule has 0 aliphatic rings. The molecule has 0 aliphatic carbocycles. The van der Waals surface area contributed by atoms with Crippen LogP contribution in [-0.4, -0.2) is 25.7 Å². The van der Waals surface area contributed by atoms with Gasteiger partial charge >= 0.3 is 11.9 Å². The Bertz CT molecular complexity index is 346. The Balaban J connectivity index is 4.52. The minimum absolute atomic E-state index is 0.0214. The molecule has 0 aromatic heterocycles. The summed E-state index contributed by atoms with van der Waals surface area (Å²) < 4.78 is 11.8. The first-order chi connectivity index (χ1) is 7.04. The standard InChI is InChI=1S/C10H11IO4/c1-7(9(12)14-3)8(2)10(13)15-6-4-5-11/h6H2,1-3H3/b8-7-. The Morgan fingerprint density at radius 1 is 1.20 bits per heavy atom. The summed E-state index contributed by atoms with van der Waals surface area (Å²) in [5.41, 5.74) is 0.474. The van der Waals surface area contributed by atoms with E-state index in [0.29, 0.717) is 0 Å². The van der Waals surface area contributed by atoms with Crippen molar-refractivity contribution in [1.29, 1.82) is 0 Å². The van der Waals surface area contributed by atoms with E-state index in [4.69, 9.17) is 4.74 Å². The predicted molar refractivity (Wildman–Crippen MR) is 63.1 cm³/mol. The van der Waals surface area contributed by atoms with Gasteiger partial charge in [-0.05, 0) is 17.8 Å². The summed E-state index contributed by atoms with van der Waals surface area (Å²) in [6.45, 7) is 3.03. The smallest absolute Gasteiger partial charge is 0.335 e. The lowest BCUT2D eigenvalue weighted by Gasteiger charge is -2.04. The maximum Gasteiger partial charge on any atom is 0.335 e. The molecule has 0 spiro atoms. The van der Waals surface area contributed by atoms with Crippen molar-refractivity contribution < 1.29 is 19.1 Å². The Morgan fingerprint density at radius 2 is 1.73 bits per heavy atom. The van der Waals surface area contributed by atoms with Crippen LogP contribution in [0, 0.1) is 9.85 Å². The molecule has 0 rings (SSSR count). The first kappa shape index (κ1) is 14.0. The third kappa shape index (κ3) is 4.83. The maximum absolute atomic E-state index is 11.3. The van der Waals surface area contributed by atoms with E-state index >= 15 is 0 Å². The highest BCUT2D eigenvalue weighted by atomic mass is 127. The number of methoxy groups -OCH3 is 1. The molecular weight excluding hydrogens is 311 g/mol. The molecule has 0 aliphatic heterocycles. The summed E-state index contributed by atoms with van der Waals surface area (Å²) in [6.07, 6.45) is 0. The fourth-order valence-corrected chi connectivity index (χ4v) is 0.852. The van der Waals surface area contributed by atoms with Gasteiger partial charge in [0.2, 0.25) is 0 Å². The molecule has 0 radical (unpaired) electrons. The second-order valence-corrected chi connectivity index (χ2v) is 3.13. The number of halogens is 1. The lowest BCUT2D eigenvalue weighted by molar-refractivity contribution is -0.140. The lowest BCUT2D eigenvalue weighted by Crippen LogP contribution is -2.12. The number of esters is 2. The van der Waals surface area contributed by atoms with Gasteiger partial charge in [0.15, 0.2) is 6.61 Å². The summed E-state index contributed by atoms with van der Waals surface area (Å²) in [6, 6.07) is 0. The topological polar surface area (TPSA) is 52.6 Å². The van der Waals surface area contributed by atoms with Crippen LogP contribution in [0.5, 0.6) is 0 Å². The van der Waals surface area contributed by atoms with Crippen LogP contribution in [0.15, 0.2) is 11.1 Å². The van der Waals surface area contributed by atoms with Crippen molar-refractivity contribution in [2.24, 2.45) is 0 Å². The summed E-state index contributed by atoms with van der Waals surface area (Å²) in [5, 5.41) is 0. The van der Waals surface area contributed by atoms with Gasteiger partial charge in [-0.1, -0.05) is 5.92 Å². The average molecular weight is 322 g/mol. The van der Waals surface area contributed by atoms with E-state index in [2.05, 4.69) is 14.6 Å². The van der Waals surface area contributed by atoms with Crippen LogP contribution in [0.25, 0.3) is 0 Å². The van der Waals surface area contributed by atoms with Crippen molar-refractivity contribution in [3.05, 3.63) is 11.1 Å². The van der Waals surface area contributed by atoms with Gasteiger partial charge in [0.05, 0.1) is 7.11 Å². The van der Waals surface area contributed by atoms with E-state index in [9.17, 15) is 9.59 Å². The molecule has 0 saturated heterocycles. The SMILES string of the molecule is COC(=O)/C(C)=C(/C)C(=O)OCC#CI. The van der Waals surface area contributed by atoms with Crippen LogP contribution in [-0.2, 0) is 19.1 Å². The molecule has 0 aromatic carbocycles. The highest BCUT2D eigenvalue weighted by Gasteiger charge is 2.14. The van der Waals surface area contributed by atoms with Gasteiger partial charge in [-0.15, -0.1) is 0 Å². The van der Waals surface area contributed by atoms with Crippen molar-refractivity contribution >= 4 is 34.5 Å². The fourth-order valence-electron chi connectivity index (χ4n) is 0.696. The number of carbonyl (C=O) groups is 2. The lowest BCUT2D eigenvalue weighted by atomic mass is 10.1. The Hall–Kier alpha value is -1.03. The zero-order chi connectivity index (χ0) is 11.8. The number of carbonyl (C=O) groups excluding carboxylic acids is 2. The van der Waals surface area contributed by atoms with Gasteiger partial charge in [-0.25, -0.2) is 9.59 Å². The van der Waals surface area contributed by atoms with E-state index in [1.54, 1.807) is 0 Å². The molecule has 0 saturated carbocycles. The monoisotopic (exact) mass is 322 g/mol. The van der Waals surface area contributed by atoms with Crippen LogP contribution < -0.4 is 0 Å². The van der Waals surface area contributed by atoms with Gasteiger partial charge in [0.1, 0.15) is 0 Å². The quantitative estimate of drug-likeness (QED) is 0.341. The second-order valence-electron chi connectivity index (χ2n) is 2.59. The van der Waals surface area contributed by atoms with E-state index in [1.807, 2.05) is 22.6 Å². The van der Waals surface area contributed by atoms with Crippen molar-refractivity contribution in [1.82, 2.24) is 0 Å². The zero-order valence-electron chi connectivity index (χ0n) is 8.72. The fraction of sp³-hybridized carbons (Fsp3) is 0.400. The first-order valence-electron chi connectivity index (χ1n) is 4.06. The Morgan fingerprint density at radius 3 is 2.20 bits per heavy atom. The summed E-state index contributed by atoms with van der Waals surface area (Å²) in [7, 11) is 1.26. The number of ether oxygens (including phenoxy) is 2. The predicted octanol–water partition coefficient (Wildman–Crippen LogP) is 1.43. The number of hydrogen-bond donors (Lipinski definition) is 0. The molecule has 0 heterocycles. The number of rotatable bonds is 3. The zero-order valence-corrected chi connectivity index (χ0v) is 10.9. The average Bonchev–Trinajstić information content (AvgIpc) is 2.26. The molecule has 0 N–H and O–H groups in total. The Labute approximate surface area is 102 Å². The van der Waals surface area contributed by atoms with Crippen molar-refractivity contribution in [3.8, 4) is 9.85 Å². The Kier molecular flexibility index (Phi) is 6.79. The molecular formula is C10H11IO4. The molecule has 82 valence electrons. The summed E-state index contributed by atoms with van der Waals surface area (Å²) in [5.74, 6) is 1.48. The van der Waals surface area contributed by atoms with E-state index in [1.165, 1.54) is 21.0 Å². The molecule has 0 fully saturated rings. The van der Waals surface area contributed by atoms with E-state index in [-0.39, 0.29) is 17.8 Å². The molecule has 0 aromatic rings. The number of hydrogen-bond acceptors (Lipinski definition) is 4.